The van der Waals surface area contributed by atoms with Crippen LogP contribution in [0.25, 0.3) is 0 Å². The number of rotatable bonds is 2. The molecule has 0 radical (unpaired) electrons. The molecule has 1 aliphatic rings. The summed E-state index contributed by atoms with van der Waals surface area (Å²) >= 11 is 0. The van der Waals surface area contributed by atoms with E-state index in [2.05, 4.69) is 11.8 Å². The quantitative estimate of drug-likeness (QED) is 0.601. The van der Waals surface area contributed by atoms with Crippen LogP contribution in [0.2, 0.25) is 0 Å². The van der Waals surface area contributed by atoms with Gasteiger partial charge in [0.25, 0.3) is 5.91 Å². The van der Waals surface area contributed by atoms with Crippen molar-refractivity contribution in [3.8, 4) is 11.8 Å². The van der Waals surface area contributed by atoms with Gasteiger partial charge in [-0.15, -0.1) is 0 Å². The molecule has 0 aromatic carbocycles. The van der Waals surface area contributed by atoms with Crippen LogP contribution in [0.4, 0.5) is 0 Å². The van der Waals surface area contributed by atoms with Crippen LogP contribution in [0.1, 0.15) is 13.3 Å². The van der Waals surface area contributed by atoms with Crippen molar-refractivity contribution >= 4 is 11.8 Å². The summed E-state index contributed by atoms with van der Waals surface area (Å²) in [6.07, 6.45) is 0.122. The lowest BCUT2D eigenvalue weighted by Gasteiger charge is -2.33. The highest BCUT2D eigenvalue weighted by molar-refractivity contribution is 5.94. The first kappa shape index (κ1) is 11.5. The summed E-state index contributed by atoms with van der Waals surface area (Å²) in [5, 5.41) is 0. The van der Waals surface area contributed by atoms with E-state index in [9.17, 15) is 9.59 Å². The monoisotopic (exact) mass is 210 g/mol. The third-order valence-corrected chi connectivity index (χ3v) is 2.16. The first-order valence-electron chi connectivity index (χ1n) is 4.74. The van der Waals surface area contributed by atoms with Crippen LogP contribution < -0.4 is 5.73 Å². The lowest BCUT2D eigenvalue weighted by molar-refractivity contribution is -0.135. The highest BCUT2D eigenvalue weighted by atomic mass is 16.5. The van der Waals surface area contributed by atoms with Crippen molar-refractivity contribution in [2.75, 3.05) is 19.8 Å². The van der Waals surface area contributed by atoms with Gasteiger partial charge in [-0.05, 0) is 12.8 Å². The number of amides is 2. The Morgan fingerprint density at radius 1 is 1.60 bits per heavy atom. The highest BCUT2D eigenvalue weighted by Crippen LogP contribution is 2.10. The standard InChI is InChI=1S/C10H14N2O3/c1-2-3-10(14)12-4-5-15-7-8(12)6-9(11)13/h8H,4-7H2,1H3,(H2,11,13). The van der Waals surface area contributed by atoms with Gasteiger partial charge in [-0.3, -0.25) is 9.59 Å². The number of ether oxygens (including phenoxy) is 1. The average molecular weight is 210 g/mol. The summed E-state index contributed by atoms with van der Waals surface area (Å²) in [5.74, 6) is 4.28. The molecule has 15 heavy (non-hydrogen) atoms. The number of morpholine rings is 1. The van der Waals surface area contributed by atoms with Gasteiger partial charge in [0.05, 0.1) is 19.3 Å². The fourth-order valence-electron chi connectivity index (χ4n) is 1.50. The maximum atomic E-state index is 11.5. The second-order valence-electron chi connectivity index (χ2n) is 3.27. The van der Waals surface area contributed by atoms with Crippen molar-refractivity contribution in [2.45, 2.75) is 19.4 Å². The van der Waals surface area contributed by atoms with Crippen molar-refractivity contribution in [2.24, 2.45) is 5.73 Å². The van der Waals surface area contributed by atoms with Crippen molar-refractivity contribution in [3.63, 3.8) is 0 Å². The molecule has 1 atom stereocenters. The minimum Gasteiger partial charge on any atom is -0.377 e. The Bertz CT molecular complexity index is 316. The van der Waals surface area contributed by atoms with E-state index >= 15 is 0 Å². The van der Waals surface area contributed by atoms with Crippen LogP contribution >= 0.6 is 0 Å². The van der Waals surface area contributed by atoms with Crippen LogP contribution in [0, 0.1) is 11.8 Å². The number of carbonyl (C=O) groups is 2. The SMILES string of the molecule is CC#CC(=O)N1CCOCC1CC(N)=O. The van der Waals surface area contributed by atoms with Crippen molar-refractivity contribution in [1.82, 2.24) is 4.90 Å². The van der Waals surface area contributed by atoms with Gasteiger partial charge in [0.1, 0.15) is 0 Å². The summed E-state index contributed by atoms with van der Waals surface area (Å²) < 4.78 is 5.19. The number of nitrogens with zero attached hydrogens (tertiary/aromatic N) is 1. The summed E-state index contributed by atoms with van der Waals surface area (Å²) in [4.78, 5) is 23.9. The van der Waals surface area contributed by atoms with Crippen LogP contribution in [0.3, 0.4) is 0 Å². The van der Waals surface area contributed by atoms with Gasteiger partial charge in [-0.25, -0.2) is 0 Å². The average Bonchev–Trinajstić information content (AvgIpc) is 2.18. The van der Waals surface area contributed by atoms with Gasteiger partial charge in [0, 0.05) is 13.0 Å². The van der Waals surface area contributed by atoms with E-state index < -0.39 is 5.91 Å². The molecule has 0 aromatic heterocycles. The number of primary amides is 1. The maximum absolute atomic E-state index is 11.5. The predicted molar refractivity (Wildman–Crippen MR) is 53.6 cm³/mol. The van der Waals surface area contributed by atoms with Crippen molar-refractivity contribution in [3.05, 3.63) is 0 Å². The molecule has 1 fully saturated rings. The van der Waals surface area contributed by atoms with Crippen LogP contribution in [-0.4, -0.2) is 42.5 Å². The Morgan fingerprint density at radius 3 is 2.93 bits per heavy atom. The van der Waals surface area contributed by atoms with E-state index in [1.165, 1.54) is 0 Å². The minimum atomic E-state index is -0.437. The second kappa shape index (κ2) is 5.37. The van der Waals surface area contributed by atoms with Crippen LogP contribution in [0.15, 0.2) is 0 Å². The van der Waals surface area contributed by atoms with E-state index in [0.29, 0.717) is 19.8 Å². The first-order valence-corrected chi connectivity index (χ1v) is 4.74. The first-order chi connectivity index (χ1) is 7.15. The zero-order chi connectivity index (χ0) is 11.3. The van der Waals surface area contributed by atoms with Gasteiger partial charge in [-0.2, -0.15) is 0 Å². The van der Waals surface area contributed by atoms with Gasteiger partial charge < -0.3 is 15.4 Å². The Labute approximate surface area is 88.6 Å². The van der Waals surface area contributed by atoms with Crippen LogP contribution in [0.5, 0.6) is 0 Å². The fraction of sp³-hybridized carbons (Fsp3) is 0.600. The van der Waals surface area contributed by atoms with Crippen molar-refractivity contribution in [1.29, 1.82) is 0 Å². The molecule has 1 rings (SSSR count). The summed E-state index contributed by atoms with van der Waals surface area (Å²) in [7, 11) is 0. The lowest BCUT2D eigenvalue weighted by Crippen LogP contribution is -2.49. The molecular weight excluding hydrogens is 196 g/mol. The van der Waals surface area contributed by atoms with Gasteiger partial charge in [0.2, 0.25) is 5.91 Å². The molecule has 0 spiro atoms. The lowest BCUT2D eigenvalue weighted by atomic mass is 10.1. The molecule has 0 aromatic rings. The zero-order valence-corrected chi connectivity index (χ0v) is 8.66. The summed E-state index contributed by atoms with van der Waals surface area (Å²) in [6.45, 7) is 2.89. The van der Waals surface area contributed by atoms with Crippen LogP contribution in [-0.2, 0) is 14.3 Å². The Kier molecular flexibility index (Phi) is 4.13. The molecule has 0 saturated carbocycles. The van der Waals surface area contributed by atoms with E-state index in [1.807, 2.05) is 0 Å². The Hall–Kier alpha value is -1.54. The highest BCUT2D eigenvalue weighted by Gasteiger charge is 2.27. The minimum absolute atomic E-state index is 0.122. The summed E-state index contributed by atoms with van der Waals surface area (Å²) in [6, 6.07) is -0.274. The zero-order valence-electron chi connectivity index (χ0n) is 8.66. The molecule has 2 N–H and O–H groups in total. The molecule has 2 amide bonds. The smallest absolute Gasteiger partial charge is 0.298 e. The fourth-order valence-corrected chi connectivity index (χ4v) is 1.50. The van der Waals surface area contributed by atoms with E-state index in [4.69, 9.17) is 10.5 Å². The number of hydrogen-bond donors (Lipinski definition) is 1. The second-order valence-corrected chi connectivity index (χ2v) is 3.27. The molecule has 5 nitrogen and oxygen atoms in total. The molecular formula is C10H14N2O3. The van der Waals surface area contributed by atoms with Gasteiger partial charge in [0.15, 0.2) is 0 Å². The molecule has 1 unspecified atom stereocenters. The third kappa shape index (κ3) is 3.26. The normalized spacial score (nSPS) is 20.3. The molecule has 0 aliphatic carbocycles. The van der Waals surface area contributed by atoms with E-state index in [1.54, 1.807) is 11.8 Å². The Morgan fingerprint density at radius 2 is 2.33 bits per heavy atom. The molecule has 1 heterocycles. The number of carbonyl (C=O) groups excluding carboxylic acids is 2. The topological polar surface area (TPSA) is 72.6 Å². The van der Waals surface area contributed by atoms with Gasteiger partial charge >= 0.3 is 0 Å². The molecule has 0 bridgehead atoms. The number of hydrogen-bond acceptors (Lipinski definition) is 3. The Balaban J connectivity index is 2.67. The van der Waals surface area contributed by atoms with E-state index in [0.717, 1.165) is 0 Å². The predicted octanol–water partition coefficient (Wildman–Crippen LogP) is -0.887. The number of nitrogens with two attached hydrogens (primary N) is 1. The molecule has 1 saturated heterocycles. The molecule has 82 valence electrons. The van der Waals surface area contributed by atoms with Gasteiger partial charge in [-0.1, -0.05) is 5.92 Å². The van der Waals surface area contributed by atoms with E-state index in [-0.39, 0.29) is 18.4 Å². The maximum Gasteiger partial charge on any atom is 0.298 e. The van der Waals surface area contributed by atoms with Crippen molar-refractivity contribution < 1.29 is 14.3 Å². The molecule has 1 aliphatic heterocycles. The molecule has 5 heteroatoms. The largest absolute Gasteiger partial charge is 0.377 e. The summed E-state index contributed by atoms with van der Waals surface area (Å²) in [5.41, 5.74) is 5.09. The third-order valence-electron chi connectivity index (χ3n) is 2.16.